The Labute approximate surface area is 206 Å². The van der Waals surface area contributed by atoms with Crippen LogP contribution >= 0.6 is 0 Å². The van der Waals surface area contributed by atoms with Crippen LogP contribution in [0.2, 0.25) is 0 Å². The fourth-order valence-corrected chi connectivity index (χ4v) is 3.91. The van der Waals surface area contributed by atoms with Gasteiger partial charge in [-0.25, -0.2) is 0 Å². The van der Waals surface area contributed by atoms with Crippen LogP contribution in [0.25, 0.3) is 0 Å². The van der Waals surface area contributed by atoms with E-state index < -0.39 is 11.9 Å². The van der Waals surface area contributed by atoms with E-state index in [9.17, 15) is 14.4 Å². The van der Waals surface area contributed by atoms with Crippen LogP contribution in [0, 0.1) is 6.92 Å². The lowest BCUT2D eigenvalue weighted by molar-refractivity contribution is -0.141. The minimum Gasteiger partial charge on any atom is -0.468 e. The number of rotatable bonds is 11. The van der Waals surface area contributed by atoms with E-state index in [1.165, 1.54) is 18.2 Å². The average Bonchev–Trinajstić information content (AvgIpc) is 2.88. The smallest absolute Gasteiger partial charge is 0.325 e. The van der Waals surface area contributed by atoms with Gasteiger partial charge in [0.15, 0.2) is 0 Å². The number of carbonyl (C=O) groups is 3. The molecule has 35 heavy (non-hydrogen) atoms. The summed E-state index contributed by atoms with van der Waals surface area (Å²) < 4.78 is 4.61. The molecule has 0 radical (unpaired) electrons. The van der Waals surface area contributed by atoms with Gasteiger partial charge in [-0.15, -0.1) is 0 Å². The molecule has 2 amide bonds. The Bertz CT molecular complexity index is 1130. The van der Waals surface area contributed by atoms with E-state index >= 15 is 0 Å². The Balaban J connectivity index is 1.56. The number of carbonyl (C=O) groups excluding carboxylic acids is 3. The molecule has 0 saturated carbocycles. The number of hydrogen-bond acceptors (Lipinski definition) is 4. The SMILES string of the molecule is COC(=O)CNC(=O)C(Cc1ccc(CC(=O)NCCc2ccccc2C)cc1)c1ccccc1. The van der Waals surface area contributed by atoms with Crippen LogP contribution in [0.4, 0.5) is 0 Å². The lowest BCUT2D eigenvalue weighted by Gasteiger charge is -2.17. The number of amides is 2. The minimum atomic E-state index is -0.494. The molecule has 182 valence electrons. The molecule has 0 aliphatic rings. The highest BCUT2D eigenvalue weighted by Crippen LogP contribution is 2.22. The number of aryl methyl sites for hydroxylation is 1. The summed E-state index contributed by atoms with van der Waals surface area (Å²) in [4.78, 5) is 36.7. The predicted molar refractivity (Wildman–Crippen MR) is 136 cm³/mol. The molecule has 0 fully saturated rings. The zero-order valence-corrected chi connectivity index (χ0v) is 20.3. The predicted octanol–water partition coefficient (Wildman–Crippen LogP) is 3.51. The van der Waals surface area contributed by atoms with E-state index in [-0.39, 0.29) is 18.4 Å². The van der Waals surface area contributed by atoms with Gasteiger partial charge in [-0.3, -0.25) is 14.4 Å². The molecule has 0 aliphatic carbocycles. The number of esters is 1. The molecule has 0 aliphatic heterocycles. The van der Waals surface area contributed by atoms with E-state index in [1.807, 2.05) is 66.7 Å². The molecule has 3 aromatic carbocycles. The number of ether oxygens (including phenoxy) is 1. The molecule has 1 atom stereocenters. The summed E-state index contributed by atoms with van der Waals surface area (Å²) in [5.41, 5.74) is 5.21. The molecule has 0 heterocycles. The van der Waals surface area contributed by atoms with E-state index in [0.29, 0.717) is 19.4 Å². The van der Waals surface area contributed by atoms with E-state index in [2.05, 4.69) is 34.4 Å². The normalized spacial score (nSPS) is 11.4. The first-order chi connectivity index (χ1) is 17.0. The average molecular weight is 473 g/mol. The maximum atomic E-state index is 12.8. The third-order valence-corrected chi connectivity index (χ3v) is 5.96. The fourth-order valence-electron chi connectivity index (χ4n) is 3.91. The minimum absolute atomic E-state index is 0.0179. The number of nitrogens with one attached hydrogen (secondary N) is 2. The van der Waals surface area contributed by atoms with Crippen LogP contribution in [-0.2, 0) is 38.4 Å². The van der Waals surface area contributed by atoms with Crippen molar-refractivity contribution in [3.63, 3.8) is 0 Å². The molecule has 2 N–H and O–H groups in total. The summed E-state index contributed by atoms with van der Waals surface area (Å²) in [7, 11) is 1.29. The lowest BCUT2D eigenvalue weighted by Crippen LogP contribution is -2.35. The van der Waals surface area contributed by atoms with Crippen molar-refractivity contribution < 1.29 is 19.1 Å². The first kappa shape index (κ1) is 25.7. The molecular weight excluding hydrogens is 440 g/mol. The van der Waals surface area contributed by atoms with Crippen LogP contribution in [0.15, 0.2) is 78.9 Å². The molecule has 6 nitrogen and oxygen atoms in total. The summed E-state index contributed by atoms with van der Waals surface area (Å²) in [6.45, 7) is 2.50. The van der Waals surface area contributed by atoms with Crippen molar-refractivity contribution in [1.29, 1.82) is 0 Å². The molecule has 3 aromatic rings. The molecule has 1 unspecified atom stereocenters. The Morgan fingerprint density at radius 3 is 2.17 bits per heavy atom. The second kappa shape index (κ2) is 13.1. The van der Waals surface area contributed by atoms with Crippen molar-refractivity contribution in [2.24, 2.45) is 0 Å². The topological polar surface area (TPSA) is 84.5 Å². The standard InChI is InChI=1S/C29H32N2O4/c1-21-8-6-7-9-24(21)16-17-30-27(32)19-23-14-12-22(13-15-23)18-26(25-10-4-3-5-11-25)29(34)31-20-28(33)35-2/h3-15,26H,16-20H2,1-2H3,(H,30,32)(H,31,34). The van der Waals surface area contributed by atoms with Gasteiger partial charge in [-0.05, 0) is 47.6 Å². The van der Waals surface area contributed by atoms with Crippen LogP contribution in [0.3, 0.4) is 0 Å². The Morgan fingerprint density at radius 1 is 0.829 bits per heavy atom. The largest absolute Gasteiger partial charge is 0.468 e. The molecule has 6 heteroatoms. The van der Waals surface area contributed by atoms with Crippen LogP contribution in [0.1, 0.15) is 33.7 Å². The summed E-state index contributed by atoms with van der Waals surface area (Å²) >= 11 is 0. The van der Waals surface area contributed by atoms with Gasteiger partial charge in [-0.1, -0.05) is 78.9 Å². The summed E-state index contributed by atoms with van der Waals surface area (Å²) in [6, 6.07) is 25.4. The fraction of sp³-hybridized carbons (Fsp3) is 0.276. The van der Waals surface area contributed by atoms with Gasteiger partial charge in [0.2, 0.25) is 11.8 Å². The van der Waals surface area contributed by atoms with E-state index in [4.69, 9.17) is 0 Å². The molecule has 0 bridgehead atoms. The monoisotopic (exact) mass is 472 g/mol. The van der Waals surface area contributed by atoms with Gasteiger partial charge in [0.25, 0.3) is 0 Å². The van der Waals surface area contributed by atoms with Crippen LogP contribution in [-0.4, -0.2) is 38.0 Å². The van der Waals surface area contributed by atoms with Crippen LogP contribution < -0.4 is 10.6 Å². The van der Waals surface area contributed by atoms with E-state index in [1.54, 1.807) is 0 Å². The van der Waals surface area contributed by atoms with Gasteiger partial charge in [0.05, 0.1) is 19.4 Å². The number of benzene rings is 3. The van der Waals surface area contributed by atoms with Crippen molar-refractivity contribution in [3.05, 3.63) is 107 Å². The summed E-state index contributed by atoms with van der Waals surface area (Å²) in [5, 5.41) is 5.65. The van der Waals surface area contributed by atoms with Crippen molar-refractivity contribution in [2.45, 2.75) is 32.1 Å². The van der Waals surface area contributed by atoms with Gasteiger partial charge >= 0.3 is 5.97 Å². The maximum Gasteiger partial charge on any atom is 0.325 e. The van der Waals surface area contributed by atoms with Gasteiger partial charge in [-0.2, -0.15) is 0 Å². The Morgan fingerprint density at radius 2 is 1.49 bits per heavy atom. The second-order valence-electron chi connectivity index (χ2n) is 8.48. The Hall–Kier alpha value is -3.93. The third kappa shape index (κ3) is 8.10. The highest BCUT2D eigenvalue weighted by Gasteiger charge is 2.21. The highest BCUT2D eigenvalue weighted by atomic mass is 16.5. The van der Waals surface area contributed by atoms with Crippen molar-refractivity contribution in [3.8, 4) is 0 Å². The first-order valence-corrected chi connectivity index (χ1v) is 11.7. The summed E-state index contributed by atoms with van der Waals surface area (Å²) in [5.74, 6) is -1.20. The first-order valence-electron chi connectivity index (χ1n) is 11.7. The zero-order chi connectivity index (χ0) is 25.0. The third-order valence-electron chi connectivity index (χ3n) is 5.96. The van der Waals surface area contributed by atoms with Crippen molar-refractivity contribution in [2.75, 3.05) is 20.2 Å². The van der Waals surface area contributed by atoms with Crippen LogP contribution in [0.5, 0.6) is 0 Å². The van der Waals surface area contributed by atoms with Crippen molar-refractivity contribution in [1.82, 2.24) is 10.6 Å². The zero-order valence-electron chi connectivity index (χ0n) is 20.3. The number of methoxy groups -OCH3 is 1. The molecule has 0 spiro atoms. The molecule has 0 aromatic heterocycles. The van der Waals surface area contributed by atoms with Gasteiger partial charge in [0, 0.05) is 6.54 Å². The maximum absolute atomic E-state index is 12.8. The summed E-state index contributed by atoms with van der Waals surface area (Å²) in [6.07, 6.45) is 1.58. The highest BCUT2D eigenvalue weighted by molar-refractivity contribution is 5.87. The van der Waals surface area contributed by atoms with Crippen molar-refractivity contribution >= 4 is 17.8 Å². The molecule has 0 saturated heterocycles. The van der Waals surface area contributed by atoms with Gasteiger partial charge < -0.3 is 15.4 Å². The second-order valence-corrected chi connectivity index (χ2v) is 8.48. The van der Waals surface area contributed by atoms with Gasteiger partial charge in [0.1, 0.15) is 6.54 Å². The number of hydrogen-bond donors (Lipinski definition) is 2. The molecular formula is C29H32N2O4. The van der Waals surface area contributed by atoms with E-state index in [0.717, 1.165) is 23.1 Å². The Kier molecular flexibility index (Phi) is 9.60. The quantitative estimate of drug-likeness (QED) is 0.418. The lowest BCUT2D eigenvalue weighted by atomic mass is 9.90. The molecule has 3 rings (SSSR count).